The van der Waals surface area contributed by atoms with Crippen molar-refractivity contribution in [3.8, 4) is 0 Å². The summed E-state index contributed by atoms with van der Waals surface area (Å²) >= 11 is 11.8. The van der Waals surface area contributed by atoms with Gasteiger partial charge in [-0.2, -0.15) is 0 Å². The Morgan fingerprint density at radius 1 is 1.04 bits per heavy atom. The van der Waals surface area contributed by atoms with Gasteiger partial charge in [-0.05, 0) is 89.4 Å². The Bertz CT molecular complexity index is 697. The number of aryl methyl sites for hydroxylation is 1. The van der Waals surface area contributed by atoms with E-state index in [9.17, 15) is 8.78 Å². The van der Waals surface area contributed by atoms with Crippen molar-refractivity contribution in [2.24, 2.45) is 0 Å². The molecule has 0 aromatic heterocycles. The monoisotopic (exact) mass is 625 g/mol. The van der Waals surface area contributed by atoms with Crippen molar-refractivity contribution in [3.05, 3.63) is 56.0 Å². The average Bonchev–Trinajstić information content (AvgIpc) is 2.56. The van der Waals surface area contributed by atoms with Crippen LogP contribution in [-0.4, -0.2) is 11.2 Å². The van der Waals surface area contributed by atoms with Crippen molar-refractivity contribution in [1.29, 1.82) is 0 Å². The number of hydrogen-bond donors (Lipinski definition) is 3. The Hall–Kier alpha value is -0.220. The van der Waals surface area contributed by atoms with Crippen molar-refractivity contribution in [1.82, 2.24) is 0 Å². The van der Waals surface area contributed by atoms with E-state index in [4.69, 9.17) is 17.9 Å². The highest BCUT2D eigenvalue weighted by molar-refractivity contribution is 9.93. The van der Waals surface area contributed by atoms with E-state index < -0.39 is 6.08 Å². The molecule has 0 fully saturated rings. The molecule has 0 unspecified atom stereocenters. The zero-order valence-corrected chi connectivity index (χ0v) is 21.0. The first-order valence-electron chi connectivity index (χ1n) is 7.52. The van der Waals surface area contributed by atoms with Gasteiger partial charge in [0.15, 0.2) is 0 Å². The van der Waals surface area contributed by atoms with Gasteiger partial charge in [0.25, 0.3) is 0 Å². The lowest BCUT2D eigenvalue weighted by Gasteiger charge is -2.05. The Kier molecular flexibility index (Phi) is 14.7. The molecule has 2 aromatic carbocycles. The van der Waals surface area contributed by atoms with Crippen molar-refractivity contribution >= 4 is 71.5 Å². The van der Waals surface area contributed by atoms with Crippen molar-refractivity contribution < 1.29 is 15.3 Å². The predicted molar refractivity (Wildman–Crippen MR) is 122 cm³/mol. The molecule has 0 aliphatic carbocycles. The zero-order chi connectivity index (χ0) is 21.9. The van der Waals surface area contributed by atoms with E-state index in [1.54, 1.807) is 26.0 Å². The maximum Gasteiger partial charge on any atom is 0.128 e. The molecule has 0 amide bonds. The molecule has 5 N–H and O–H groups in total. The Morgan fingerprint density at radius 2 is 1.50 bits per heavy atom. The van der Waals surface area contributed by atoms with Crippen LogP contribution in [-0.2, 0) is 0 Å². The number of nitrogens with two attached hydrogens (primary N) is 2. The van der Waals surface area contributed by atoms with Gasteiger partial charge >= 0.3 is 0 Å². The molecule has 26 heavy (non-hydrogen) atoms. The van der Waals surface area contributed by atoms with Crippen LogP contribution < -0.4 is 11.5 Å². The molecule has 0 aliphatic heterocycles. The summed E-state index contributed by atoms with van der Waals surface area (Å²) in [6.45, 7) is 6.17. The van der Waals surface area contributed by atoms with E-state index in [0.717, 1.165) is 0 Å². The third-order valence-electron chi connectivity index (χ3n) is 2.62. The SMILES string of the molecule is BrBr.Cc1c(F)cc(Br)c(N)c1Br.Cc1cc(N)ccc1F.[2H]C(C)(C)O. The summed E-state index contributed by atoms with van der Waals surface area (Å²) in [7, 11) is 0. The normalized spacial score (nSPS) is 10.2. The fraction of sp³-hybridized carbons (Fsp3) is 0.294. The minimum Gasteiger partial charge on any atom is -0.399 e. The number of rotatable bonds is 0. The zero-order valence-electron chi connectivity index (χ0n) is 15.7. The first-order chi connectivity index (χ1) is 12.2. The van der Waals surface area contributed by atoms with Crippen LogP contribution in [0.4, 0.5) is 20.2 Å². The topological polar surface area (TPSA) is 72.3 Å². The number of nitrogen functional groups attached to an aromatic ring is 2. The van der Waals surface area contributed by atoms with E-state index in [-0.39, 0.29) is 11.6 Å². The lowest BCUT2D eigenvalue weighted by molar-refractivity contribution is 0.216. The summed E-state index contributed by atoms with van der Waals surface area (Å²) in [5, 5.41) is 8.19. The van der Waals surface area contributed by atoms with Crippen LogP contribution in [0.3, 0.4) is 0 Å². The molecule has 2 aromatic rings. The van der Waals surface area contributed by atoms with Crippen LogP contribution in [0.15, 0.2) is 33.2 Å². The first kappa shape index (κ1) is 25.8. The number of aliphatic hydroxyl groups is 1. The van der Waals surface area contributed by atoms with E-state index in [0.29, 0.717) is 31.4 Å². The smallest absolute Gasteiger partial charge is 0.128 e. The first-order valence-corrected chi connectivity index (χ1v) is 12.3. The van der Waals surface area contributed by atoms with Gasteiger partial charge in [-0.3, -0.25) is 0 Å². The fourth-order valence-corrected chi connectivity index (χ4v) is 2.45. The quantitative estimate of drug-likeness (QED) is 0.274. The molecular weight excluding hydrogens is 606 g/mol. The fourth-order valence-electron chi connectivity index (χ4n) is 1.38. The molecule has 148 valence electrons. The molecule has 0 radical (unpaired) electrons. The van der Waals surface area contributed by atoms with Crippen LogP contribution in [0.25, 0.3) is 0 Å². The highest BCUT2D eigenvalue weighted by Gasteiger charge is 2.08. The molecule has 0 atom stereocenters. The highest BCUT2D eigenvalue weighted by Crippen LogP contribution is 2.32. The molecule has 0 heterocycles. The molecule has 9 heteroatoms. The second-order valence-electron chi connectivity index (χ2n) is 5.15. The highest BCUT2D eigenvalue weighted by atomic mass is 80.9. The lowest BCUT2D eigenvalue weighted by Crippen LogP contribution is -1.93. The minimum absolute atomic E-state index is 0.204. The Balaban J connectivity index is 0. The second kappa shape index (κ2) is 14.8. The summed E-state index contributed by atoms with van der Waals surface area (Å²) in [4.78, 5) is 0. The van der Waals surface area contributed by atoms with Crippen molar-refractivity contribution in [2.45, 2.75) is 33.8 Å². The van der Waals surface area contributed by atoms with Gasteiger partial charge < -0.3 is 16.6 Å². The van der Waals surface area contributed by atoms with Gasteiger partial charge in [0.2, 0.25) is 0 Å². The standard InChI is InChI=1S/C7H6Br2FN.C7H8FN.C3H8O.Br2/c1-3-5(10)2-4(8)7(11)6(3)9;1-5-4-6(9)2-3-7(5)8;1-3(2)4;1-2/h2H,11H2,1H3;2-4H,9H2,1H3;3-4H,1-2H3;/i;;3D;. The number of benzene rings is 2. The minimum atomic E-state index is -1.25. The molecular formula is C17H22Br4F2N2O. The van der Waals surface area contributed by atoms with E-state index in [1.807, 2.05) is 0 Å². The lowest BCUT2D eigenvalue weighted by atomic mass is 10.2. The van der Waals surface area contributed by atoms with Gasteiger partial charge in [0.1, 0.15) is 11.6 Å². The molecule has 0 bridgehead atoms. The summed E-state index contributed by atoms with van der Waals surface area (Å²) in [6, 6.07) is 5.87. The van der Waals surface area contributed by atoms with E-state index in [2.05, 4.69) is 60.1 Å². The molecule has 0 saturated carbocycles. The van der Waals surface area contributed by atoms with Gasteiger partial charge in [-0.25, -0.2) is 8.78 Å². The van der Waals surface area contributed by atoms with Gasteiger partial charge in [0.05, 0.1) is 7.06 Å². The van der Waals surface area contributed by atoms with Gasteiger partial charge in [-0.15, -0.1) is 0 Å². The molecule has 2 rings (SSSR count). The summed E-state index contributed by atoms with van der Waals surface area (Å²) in [5.74, 6) is -0.470. The summed E-state index contributed by atoms with van der Waals surface area (Å²) in [5.41, 5.74) is 13.2. The van der Waals surface area contributed by atoms with Crippen LogP contribution in [0.5, 0.6) is 0 Å². The van der Waals surface area contributed by atoms with Gasteiger partial charge in [-0.1, -0.05) is 0 Å². The maximum absolute atomic E-state index is 12.9. The summed E-state index contributed by atoms with van der Waals surface area (Å²) < 4.78 is 33.0. The van der Waals surface area contributed by atoms with Crippen molar-refractivity contribution in [3.63, 3.8) is 0 Å². The van der Waals surface area contributed by atoms with Crippen molar-refractivity contribution in [2.75, 3.05) is 11.5 Å². The van der Waals surface area contributed by atoms with Crippen LogP contribution in [0, 0.1) is 25.5 Å². The molecule has 3 nitrogen and oxygen atoms in total. The van der Waals surface area contributed by atoms with Crippen LogP contribution in [0.1, 0.15) is 26.3 Å². The third-order valence-corrected chi connectivity index (χ3v) is 4.29. The largest absolute Gasteiger partial charge is 0.399 e. The number of anilines is 2. The maximum atomic E-state index is 12.9. The summed E-state index contributed by atoms with van der Waals surface area (Å²) in [6.07, 6.45) is -1.25. The molecule has 0 spiro atoms. The molecule has 0 aliphatic rings. The van der Waals surface area contributed by atoms with E-state index in [1.165, 1.54) is 26.0 Å². The number of hydrogen-bond acceptors (Lipinski definition) is 3. The Labute approximate surface area is 187 Å². The van der Waals surface area contributed by atoms with Crippen LogP contribution >= 0.6 is 60.1 Å². The van der Waals surface area contributed by atoms with Gasteiger partial charge in [0, 0.05) is 54.5 Å². The van der Waals surface area contributed by atoms with Crippen LogP contribution in [0.2, 0.25) is 0 Å². The number of halogens is 6. The van der Waals surface area contributed by atoms with E-state index >= 15 is 0 Å². The average molecular weight is 629 g/mol. The Morgan fingerprint density at radius 3 is 1.88 bits per heavy atom. The second-order valence-corrected chi connectivity index (χ2v) is 6.80. The molecule has 0 saturated heterocycles. The predicted octanol–water partition coefficient (Wildman–Crippen LogP) is 7.04. The third kappa shape index (κ3) is 11.5.